The number of nitrogens with one attached hydrogen (secondary N) is 1. The Labute approximate surface area is 164 Å². The standard InChI is InChI=1S/C20H27N5O3/c1-3-7-21-20(26)25-8-4-16-15(12-25)11-22-13(2)17(16)18-23-19(28-24-18)14-5-9-27-10-6-14/h11,14H,3-10,12H2,1-2H3,(H,21,26). The van der Waals surface area contributed by atoms with Crippen molar-refractivity contribution in [3.8, 4) is 11.4 Å². The Bertz CT molecular complexity index is 844. The molecule has 8 heteroatoms. The largest absolute Gasteiger partial charge is 0.381 e. The molecule has 2 amide bonds. The van der Waals surface area contributed by atoms with Crippen LogP contribution in [0.1, 0.15) is 54.8 Å². The van der Waals surface area contributed by atoms with Crippen LogP contribution in [0.15, 0.2) is 10.7 Å². The molecule has 0 radical (unpaired) electrons. The fourth-order valence-corrected chi connectivity index (χ4v) is 3.91. The maximum atomic E-state index is 12.3. The Morgan fingerprint density at radius 2 is 2.18 bits per heavy atom. The molecule has 1 fully saturated rings. The summed E-state index contributed by atoms with van der Waals surface area (Å²) in [5.74, 6) is 1.56. The van der Waals surface area contributed by atoms with Crippen molar-refractivity contribution in [2.24, 2.45) is 0 Å². The predicted molar refractivity (Wildman–Crippen MR) is 103 cm³/mol. The number of aromatic nitrogens is 3. The minimum atomic E-state index is -0.0176. The Morgan fingerprint density at radius 1 is 1.36 bits per heavy atom. The fraction of sp³-hybridized carbons (Fsp3) is 0.600. The lowest BCUT2D eigenvalue weighted by atomic mass is 9.94. The average Bonchev–Trinajstić information content (AvgIpc) is 3.22. The van der Waals surface area contributed by atoms with Crippen LogP contribution < -0.4 is 5.32 Å². The molecule has 2 aromatic rings. The van der Waals surface area contributed by atoms with Gasteiger partial charge in [0.2, 0.25) is 11.7 Å². The van der Waals surface area contributed by atoms with E-state index in [-0.39, 0.29) is 11.9 Å². The number of hydrogen-bond donors (Lipinski definition) is 1. The van der Waals surface area contributed by atoms with Gasteiger partial charge in [-0.05, 0) is 43.7 Å². The molecular formula is C20H27N5O3. The summed E-state index contributed by atoms with van der Waals surface area (Å²) in [6.07, 6.45) is 5.37. The highest BCUT2D eigenvalue weighted by molar-refractivity contribution is 5.75. The summed E-state index contributed by atoms with van der Waals surface area (Å²) in [4.78, 5) is 23.4. The summed E-state index contributed by atoms with van der Waals surface area (Å²) in [6, 6.07) is -0.0176. The minimum Gasteiger partial charge on any atom is -0.381 e. The van der Waals surface area contributed by atoms with Crippen LogP contribution in [0.4, 0.5) is 4.79 Å². The second-order valence-electron chi connectivity index (χ2n) is 7.47. The van der Waals surface area contributed by atoms with Crippen molar-refractivity contribution in [2.45, 2.75) is 52.0 Å². The molecule has 0 spiro atoms. The highest BCUT2D eigenvalue weighted by Gasteiger charge is 2.28. The van der Waals surface area contributed by atoms with Crippen LogP contribution in [0.5, 0.6) is 0 Å². The van der Waals surface area contributed by atoms with E-state index in [4.69, 9.17) is 14.2 Å². The van der Waals surface area contributed by atoms with Crippen LogP contribution in [0.25, 0.3) is 11.4 Å². The molecule has 2 aliphatic heterocycles. The number of hydrogen-bond acceptors (Lipinski definition) is 6. The Balaban J connectivity index is 1.58. The first-order chi connectivity index (χ1) is 13.7. The molecule has 0 atom stereocenters. The normalized spacial score (nSPS) is 17.4. The second kappa shape index (κ2) is 8.26. The van der Waals surface area contributed by atoms with Crippen molar-refractivity contribution in [3.05, 3.63) is 28.9 Å². The summed E-state index contributed by atoms with van der Waals surface area (Å²) in [7, 11) is 0. The Morgan fingerprint density at radius 3 is 2.96 bits per heavy atom. The highest BCUT2D eigenvalue weighted by atomic mass is 16.5. The third-order valence-corrected chi connectivity index (χ3v) is 5.51. The second-order valence-corrected chi connectivity index (χ2v) is 7.47. The summed E-state index contributed by atoms with van der Waals surface area (Å²) in [5.41, 5.74) is 4.07. The Kier molecular flexibility index (Phi) is 5.57. The van der Waals surface area contributed by atoms with Gasteiger partial charge < -0.3 is 19.5 Å². The molecule has 0 aromatic carbocycles. The zero-order valence-electron chi connectivity index (χ0n) is 16.5. The number of amides is 2. The molecule has 2 aliphatic rings. The van der Waals surface area contributed by atoms with Crippen LogP contribution in [-0.2, 0) is 17.7 Å². The molecule has 150 valence electrons. The van der Waals surface area contributed by atoms with Gasteiger partial charge in [0.1, 0.15) is 0 Å². The van der Waals surface area contributed by atoms with E-state index >= 15 is 0 Å². The molecule has 4 heterocycles. The summed E-state index contributed by atoms with van der Waals surface area (Å²) in [5, 5.41) is 7.21. The molecule has 0 aliphatic carbocycles. The number of fused-ring (bicyclic) bond motifs is 1. The summed E-state index contributed by atoms with van der Waals surface area (Å²) in [6.45, 7) is 7.40. The van der Waals surface area contributed by atoms with Gasteiger partial charge in [-0.25, -0.2) is 4.79 Å². The molecule has 0 bridgehead atoms. The highest BCUT2D eigenvalue weighted by Crippen LogP contribution is 2.32. The van der Waals surface area contributed by atoms with E-state index in [0.29, 0.717) is 31.3 Å². The maximum absolute atomic E-state index is 12.3. The molecule has 1 N–H and O–H groups in total. The third-order valence-electron chi connectivity index (χ3n) is 5.51. The monoisotopic (exact) mass is 385 g/mol. The lowest BCUT2D eigenvalue weighted by Crippen LogP contribution is -2.43. The van der Waals surface area contributed by atoms with Crippen molar-refractivity contribution >= 4 is 6.03 Å². The molecule has 0 unspecified atom stereocenters. The van der Waals surface area contributed by atoms with Crippen molar-refractivity contribution in [1.29, 1.82) is 0 Å². The number of carbonyl (C=O) groups is 1. The number of ether oxygens (including phenoxy) is 1. The van der Waals surface area contributed by atoms with Crippen LogP contribution in [0.3, 0.4) is 0 Å². The van der Waals surface area contributed by atoms with Crippen LogP contribution >= 0.6 is 0 Å². The molecule has 4 rings (SSSR count). The van der Waals surface area contributed by atoms with Gasteiger partial charge >= 0.3 is 6.03 Å². The van der Waals surface area contributed by atoms with Gasteiger partial charge in [-0.2, -0.15) is 4.98 Å². The van der Waals surface area contributed by atoms with Crippen LogP contribution in [0, 0.1) is 6.92 Å². The lowest BCUT2D eigenvalue weighted by Gasteiger charge is -2.30. The average molecular weight is 385 g/mol. The first-order valence-electron chi connectivity index (χ1n) is 10.1. The smallest absolute Gasteiger partial charge is 0.317 e. The maximum Gasteiger partial charge on any atom is 0.317 e. The first-order valence-corrected chi connectivity index (χ1v) is 10.1. The van der Waals surface area contributed by atoms with Gasteiger partial charge in [-0.3, -0.25) is 4.98 Å². The number of aryl methyl sites for hydroxylation is 1. The number of rotatable bonds is 4. The van der Waals surface area contributed by atoms with Crippen molar-refractivity contribution in [1.82, 2.24) is 25.3 Å². The van der Waals surface area contributed by atoms with Gasteiger partial charge in [0.25, 0.3) is 0 Å². The zero-order valence-corrected chi connectivity index (χ0v) is 16.5. The fourth-order valence-electron chi connectivity index (χ4n) is 3.91. The SMILES string of the molecule is CCCNC(=O)N1CCc2c(cnc(C)c2-c2noc(C3CCOCC3)n2)C1. The van der Waals surface area contributed by atoms with Crippen molar-refractivity contribution in [3.63, 3.8) is 0 Å². The minimum absolute atomic E-state index is 0.0176. The number of nitrogens with zero attached hydrogens (tertiary/aromatic N) is 4. The summed E-state index contributed by atoms with van der Waals surface area (Å²) < 4.78 is 11.0. The van der Waals surface area contributed by atoms with E-state index in [0.717, 1.165) is 55.7 Å². The van der Waals surface area contributed by atoms with Gasteiger partial charge in [-0.15, -0.1) is 0 Å². The summed E-state index contributed by atoms with van der Waals surface area (Å²) >= 11 is 0. The van der Waals surface area contributed by atoms with E-state index in [1.165, 1.54) is 5.56 Å². The first kappa shape index (κ1) is 18.9. The quantitative estimate of drug-likeness (QED) is 0.870. The van der Waals surface area contributed by atoms with Crippen LogP contribution in [-0.4, -0.2) is 52.4 Å². The van der Waals surface area contributed by atoms with Gasteiger partial charge in [0, 0.05) is 56.2 Å². The molecule has 8 nitrogen and oxygen atoms in total. The van der Waals surface area contributed by atoms with E-state index in [1.54, 1.807) is 0 Å². The lowest BCUT2D eigenvalue weighted by molar-refractivity contribution is 0.0778. The molecule has 2 aromatic heterocycles. The molecule has 1 saturated heterocycles. The number of carbonyl (C=O) groups excluding carboxylic acids is 1. The van der Waals surface area contributed by atoms with Gasteiger partial charge in [0.15, 0.2) is 0 Å². The molecule has 0 saturated carbocycles. The Hall–Kier alpha value is -2.48. The van der Waals surface area contributed by atoms with Crippen LogP contribution in [0.2, 0.25) is 0 Å². The van der Waals surface area contributed by atoms with Gasteiger partial charge in [0.05, 0.1) is 0 Å². The van der Waals surface area contributed by atoms with Gasteiger partial charge in [-0.1, -0.05) is 12.1 Å². The third kappa shape index (κ3) is 3.73. The molecule has 28 heavy (non-hydrogen) atoms. The zero-order chi connectivity index (χ0) is 19.5. The van der Waals surface area contributed by atoms with E-state index in [9.17, 15) is 4.79 Å². The predicted octanol–water partition coefficient (Wildman–Crippen LogP) is 2.81. The van der Waals surface area contributed by atoms with E-state index in [1.807, 2.05) is 24.9 Å². The molecular weight excluding hydrogens is 358 g/mol. The topological polar surface area (TPSA) is 93.4 Å². The van der Waals surface area contributed by atoms with Crippen molar-refractivity contribution < 1.29 is 14.1 Å². The number of urea groups is 1. The van der Waals surface area contributed by atoms with E-state index < -0.39 is 0 Å². The number of pyridine rings is 1. The van der Waals surface area contributed by atoms with E-state index in [2.05, 4.69) is 15.5 Å². The van der Waals surface area contributed by atoms with Crippen molar-refractivity contribution in [2.75, 3.05) is 26.3 Å².